The Balaban J connectivity index is 1.64. The van der Waals surface area contributed by atoms with Crippen molar-refractivity contribution >= 4 is 22.5 Å². The average molecular weight is 398 g/mol. The van der Waals surface area contributed by atoms with Gasteiger partial charge >= 0.3 is 6.18 Å². The summed E-state index contributed by atoms with van der Waals surface area (Å²) in [4.78, 5) is 4.89. The maximum atomic E-state index is 12.8. The van der Waals surface area contributed by atoms with Crippen LogP contribution in [0.5, 0.6) is 0 Å². The van der Waals surface area contributed by atoms with Gasteiger partial charge in [0.2, 0.25) is 0 Å². The molecule has 0 aliphatic heterocycles. The summed E-state index contributed by atoms with van der Waals surface area (Å²) in [7, 11) is 0. The van der Waals surface area contributed by atoms with E-state index in [9.17, 15) is 13.2 Å². The molecule has 0 radical (unpaired) electrons. The maximum Gasteiger partial charge on any atom is 0.416 e. The van der Waals surface area contributed by atoms with Crippen molar-refractivity contribution in [3.05, 3.63) is 96.6 Å². The van der Waals surface area contributed by atoms with Crippen LogP contribution in [0, 0.1) is 0 Å². The SMILES string of the molecule is FC(F)(F)c1ccc(SC(Cn2ccnc2)c2ccc3ccccc3c2)cc1. The zero-order chi connectivity index (χ0) is 19.6. The Morgan fingerprint density at radius 2 is 1.68 bits per heavy atom. The van der Waals surface area contributed by atoms with Gasteiger partial charge in [-0.05, 0) is 46.7 Å². The van der Waals surface area contributed by atoms with Crippen molar-refractivity contribution in [3.63, 3.8) is 0 Å². The van der Waals surface area contributed by atoms with E-state index in [-0.39, 0.29) is 5.25 Å². The van der Waals surface area contributed by atoms with E-state index in [1.807, 2.05) is 22.9 Å². The van der Waals surface area contributed by atoms with Crippen LogP contribution in [0.1, 0.15) is 16.4 Å². The minimum Gasteiger partial charge on any atom is -0.336 e. The number of alkyl halides is 3. The lowest BCUT2D eigenvalue weighted by Gasteiger charge is -2.19. The highest BCUT2D eigenvalue weighted by Gasteiger charge is 2.30. The van der Waals surface area contributed by atoms with Crippen molar-refractivity contribution in [1.29, 1.82) is 0 Å². The molecule has 1 atom stereocenters. The van der Waals surface area contributed by atoms with E-state index in [0.717, 1.165) is 33.4 Å². The Hall–Kier alpha value is -2.73. The van der Waals surface area contributed by atoms with Gasteiger partial charge in [0.25, 0.3) is 0 Å². The lowest BCUT2D eigenvalue weighted by atomic mass is 10.0. The van der Waals surface area contributed by atoms with E-state index in [1.165, 1.54) is 12.1 Å². The zero-order valence-corrected chi connectivity index (χ0v) is 15.6. The number of halogens is 3. The first-order valence-electron chi connectivity index (χ1n) is 8.77. The fraction of sp³-hybridized carbons (Fsp3) is 0.136. The number of nitrogens with zero attached hydrogens (tertiary/aromatic N) is 2. The summed E-state index contributed by atoms with van der Waals surface area (Å²) < 4.78 is 40.5. The summed E-state index contributed by atoms with van der Waals surface area (Å²) in [6.45, 7) is 0.671. The summed E-state index contributed by atoms with van der Waals surface area (Å²) >= 11 is 1.55. The fourth-order valence-corrected chi connectivity index (χ4v) is 4.24. The number of hydrogen-bond donors (Lipinski definition) is 0. The Labute approximate surface area is 165 Å². The highest BCUT2D eigenvalue weighted by atomic mass is 32.2. The van der Waals surface area contributed by atoms with Crippen molar-refractivity contribution in [3.8, 4) is 0 Å². The van der Waals surface area contributed by atoms with E-state index in [2.05, 4.69) is 35.3 Å². The van der Waals surface area contributed by atoms with Crippen LogP contribution in [0.4, 0.5) is 13.2 Å². The highest BCUT2D eigenvalue weighted by Crippen LogP contribution is 2.39. The van der Waals surface area contributed by atoms with Crippen LogP contribution in [-0.4, -0.2) is 9.55 Å². The van der Waals surface area contributed by atoms with Gasteiger partial charge in [0, 0.05) is 23.8 Å². The number of fused-ring (bicyclic) bond motifs is 1. The van der Waals surface area contributed by atoms with Crippen molar-refractivity contribution in [2.24, 2.45) is 0 Å². The first-order valence-corrected chi connectivity index (χ1v) is 9.65. The molecule has 4 rings (SSSR count). The second-order valence-electron chi connectivity index (χ2n) is 6.49. The number of rotatable bonds is 5. The number of imidazole rings is 1. The molecule has 1 unspecified atom stereocenters. The van der Waals surface area contributed by atoms with Crippen molar-refractivity contribution in [1.82, 2.24) is 9.55 Å². The van der Waals surface area contributed by atoms with Crippen LogP contribution in [0.15, 0.2) is 90.3 Å². The molecule has 1 aromatic heterocycles. The smallest absolute Gasteiger partial charge is 0.336 e. The molecule has 0 N–H and O–H groups in total. The summed E-state index contributed by atoms with van der Waals surface area (Å²) in [6.07, 6.45) is 1.04. The average Bonchev–Trinajstić information content (AvgIpc) is 3.20. The quantitative estimate of drug-likeness (QED) is 0.353. The summed E-state index contributed by atoms with van der Waals surface area (Å²) in [5.41, 5.74) is 0.492. The number of benzene rings is 3. The van der Waals surface area contributed by atoms with Gasteiger partial charge in [0.05, 0.1) is 17.1 Å². The largest absolute Gasteiger partial charge is 0.416 e. The molecular formula is C22H17F3N2S. The van der Waals surface area contributed by atoms with Gasteiger partial charge in [-0.2, -0.15) is 13.2 Å². The number of thioether (sulfide) groups is 1. The summed E-state index contributed by atoms with van der Waals surface area (Å²) in [5.74, 6) is 0. The third-order valence-corrected chi connectivity index (χ3v) is 5.79. The van der Waals surface area contributed by atoms with Crippen LogP contribution < -0.4 is 0 Å². The molecular weight excluding hydrogens is 381 g/mol. The van der Waals surface area contributed by atoms with Gasteiger partial charge in [0.1, 0.15) is 0 Å². The van der Waals surface area contributed by atoms with E-state index in [0.29, 0.717) is 6.54 Å². The molecule has 0 fully saturated rings. The highest BCUT2D eigenvalue weighted by molar-refractivity contribution is 7.99. The predicted molar refractivity (Wildman–Crippen MR) is 106 cm³/mol. The first kappa shape index (κ1) is 18.6. The van der Waals surface area contributed by atoms with E-state index in [4.69, 9.17) is 0 Å². The van der Waals surface area contributed by atoms with Crippen molar-refractivity contribution in [2.45, 2.75) is 22.9 Å². The molecule has 1 heterocycles. The van der Waals surface area contributed by atoms with Gasteiger partial charge in [-0.25, -0.2) is 4.98 Å². The molecule has 0 amide bonds. The van der Waals surface area contributed by atoms with Crippen LogP contribution in [0.2, 0.25) is 0 Å². The molecule has 0 bridgehead atoms. The summed E-state index contributed by atoms with van der Waals surface area (Å²) in [6, 6.07) is 19.8. The minimum absolute atomic E-state index is 0.0375. The lowest BCUT2D eigenvalue weighted by molar-refractivity contribution is -0.137. The van der Waals surface area contributed by atoms with Crippen molar-refractivity contribution < 1.29 is 13.2 Å². The lowest BCUT2D eigenvalue weighted by Crippen LogP contribution is -2.06. The Kier molecular flexibility index (Phi) is 5.13. The van der Waals surface area contributed by atoms with Gasteiger partial charge in [-0.1, -0.05) is 36.4 Å². The monoisotopic (exact) mass is 398 g/mol. The normalized spacial score (nSPS) is 13.0. The van der Waals surface area contributed by atoms with Crippen LogP contribution in [0.3, 0.4) is 0 Å². The molecule has 0 spiro atoms. The Morgan fingerprint density at radius 1 is 0.929 bits per heavy atom. The van der Waals surface area contributed by atoms with Crippen LogP contribution >= 0.6 is 11.8 Å². The Bertz CT molecular complexity index is 1060. The molecule has 0 aliphatic rings. The molecule has 0 saturated heterocycles. The Morgan fingerprint density at radius 3 is 2.36 bits per heavy atom. The molecule has 142 valence electrons. The van der Waals surface area contributed by atoms with E-state index >= 15 is 0 Å². The minimum atomic E-state index is -4.32. The van der Waals surface area contributed by atoms with E-state index < -0.39 is 11.7 Å². The van der Waals surface area contributed by atoms with Gasteiger partial charge in [-0.3, -0.25) is 0 Å². The topological polar surface area (TPSA) is 17.8 Å². The fourth-order valence-electron chi connectivity index (χ4n) is 3.09. The third-order valence-electron chi connectivity index (χ3n) is 4.54. The number of hydrogen-bond acceptors (Lipinski definition) is 2. The zero-order valence-electron chi connectivity index (χ0n) is 14.8. The molecule has 0 saturated carbocycles. The van der Waals surface area contributed by atoms with Gasteiger partial charge < -0.3 is 4.57 Å². The van der Waals surface area contributed by atoms with Crippen LogP contribution in [-0.2, 0) is 12.7 Å². The molecule has 2 nitrogen and oxygen atoms in total. The van der Waals surface area contributed by atoms with E-state index in [1.54, 1.807) is 24.3 Å². The standard InChI is InChI=1S/C22H17F3N2S/c23-22(24,25)19-7-9-20(10-8-19)28-21(14-27-12-11-26-15-27)18-6-5-16-3-1-2-4-17(16)13-18/h1-13,15,21H,14H2. The predicted octanol–water partition coefficient (Wildman–Crippen LogP) is 6.59. The first-order chi connectivity index (χ1) is 13.5. The number of aromatic nitrogens is 2. The molecule has 3 aromatic carbocycles. The summed E-state index contributed by atoms with van der Waals surface area (Å²) in [5, 5.41) is 2.34. The maximum absolute atomic E-state index is 12.8. The van der Waals surface area contributed by atoms with Gasteiger partial charge in [0.15, 0.2) is 0 Å². The van der Waals surface area contributed by atoms with Gasteiger partial charge in [-0.15, -0.1) is 11.8 Å². The molecule has 28 heavy (non-hydrogen) atoms. The third kappa shape index (κ3) is 4.22. The molecule has 0 aliphatic carbocycles. The molecule has 4 aromatic rings. The van der Waals surface area contributed by atoms with Crippen molar-refractivity contribution in [2.75, 3.05) is 0 Å². The van der Waals surface area contributed by atoms with Crippen LogP contribution in [0.25, 0.3) is 10.8 Å². The second-order valence-corrected chi connectivity index (χ2v) is 7.77. The molecule has 6 heteroatoms. The second kappa shape index (κ2) is 7.72.